The average Bonchev–Trinajstić information content (AvgIpc) is 2.54. The highest BCUT2D eigenvalue weighted by Gasteiger charge is 2.43. The van der Waals surface area contributed by atoms with Crippen molar-refractivity contribution in [3.8, 4) is 0 Å². The molecule has 2 rings (SSSR count). The van der Waals surface area contributed by atoms with Gasteiger partial charge in [0.05, 0.1) is 0 Å². The van der Waals surface area contributed by atoms with Gasteiger partial charge in [-0.15, -0.1) is 0 Å². The molecule has 21 heavy (non-hydrogen) atoms. The van der Waals surface area contributed by atoms with Crippen LogP contribution in [0, 0.1) is 5.41 Å². The molecule has 1 aliphatic rings. The van der Waals surface area contributed by atoms with Gasteiger partial charge in [-0.05, 0) is 12.0 Å². The minimum Gasteiger partial charge on any atom is -0.460 e. The number of benzene rings is 1. The molecule has 108 valence electrons. The van der Waals surface area contributed by atoms with Crippen molar-refractivity contribution in [2.75, 3.05) is 0 Å². The van der Waals surface area contributed by atoms with Crippen molar-refractivity contribution in [3.05, 3.63) is 60.2 Å². The summed E-state index contributed by atoms with van der Waals surface area (Å²) in [6.45, 7) is 2.08. The SMILES string of the molecule is CCC1(C(=O)OCc2ccccc2)C=CC=CC1N=C=O. The second kappa shape index (κ2) is 6.82. The minimum atomic E-state index is -0.930. The molecule has 0 aliphatic heterocycles. The Kier molecular flexibility index (Phi) is 4.85. The summed E-state index contributed by atoms with van der Waals surface area (Å²) in [7, 11) is 0. The molecular formula is C17H17NO3. The number of hydrogen-bond acceptors (Lipinski definition) is 4. The number of carbonyl (C=O) groups excluding carboxylic acids is 2. The van der Waals surface area contributed by atoms with E-state index in [1.54, 1.807) is 24.3 Å². The van der Waals surface area contributed by atoms with Crippen molar-refractivity contribution in [3.63, 3.8) is 0 Å². The predicted molar refractivity (Wildman–Crippen MR) is 79.2 cm³/mol. The Morgan fingerprint density at radius 2 is 2.10 bits per heavy atom. The van der Waals surface area contributed by atoms with Gasteiger partial charge < -0.3 is 4.74 Å². The van der Waals surface area contributed by atoms with Crippen LogP contribution in [0.1, 0.15) is 18.9 Å². The number of carbonyl (C=O) groups is 1. The number of esters is 1. The molecule has 0 fully saturated rings. The molecule has 0 radical (unpaired) electrons. The summed E-state index contributed by atoms with van der Waals surface area (Å²) < 4.78 is 5.42. The average molecular weight is 283 g/mol. The third kappa shape index (κ3) is 3.18. The molecule has 0 saturated heterocycles. The Morgan fingerprint density at radius 3 is 2.76 bits per heavy atom. The van der Waals surface area contributed by atoms with Crippen molar-refractivity contribution in [1.29, 1.82) is 0 Å². The van der Waals surface area contributed by atoms with Crippen LogP contribution in [-0.4, -0.2) is 18.1 Å². The standard InChI is InChI=1S/C17H17NO3/c1-2-17(11-7-6-10-15(17)18-13-19)16(20)21-12-14-8-4-3-5-9-14/h3-11,15H,2,12H2,1H3. The maximum atomic E-state index is 12.5. The third-order valence-corrected chi connectivity index (χ3v) is 3.70. The smallest absolute Gasteiger partial charge is 0.318 e. The Balaban J connectivity index is 2.15. The second-order valence-corrected chi connectivity index (χ2v) is 4.86. The molecule has 0 bridgehead atoms. The first-order valence-corrected chi connectivity index (χ1v) is 6.87. The summed E-state index contributed by atoms with van der Waals surface area (Å²) >= 11 is 0. The molecule has 0 amide bonds. The molecule has 0 heterocycles. The van der Waals surface area contributed by atoms with Crippen molar-refractivity contribution in [1.82, 2.24) is 0 Å². The molecule has 1 aromatic carbocycles. The molecule has 1 aliphatic carbocycles. The van der Waals surface area contributed by atoms with Gasteiger partial charge in [0.1, 0.15) is 18.1 Å². The van der Waals surface area contributed by atoms with Crippen LogP contribution in [0.3, 0.4) is 0 Å². The van der Waals surface area contributed by atoms with Crippen LogP contribution in [0.2, 0.25) is 0 Å². The van der Waals surface area contributed by atoms with Gasteiger partial charge in [-0.1, -0.05) is 61.6 Å². The summed E-state index contributed by atoms with van der Waals surface area (Å²) in [5.41, 5.74) is -0.0103. The van der Waals surface area contributed by atoms with Crippen molar-refractivity contribution < 1.29 is 14.3 Å². The zero-order chi connectivity index (χ0) is 15.1. The van der Waals surface area contributed by atoms with E-state index in [1.807, 2.05) is 37.3 Å². The molecule has 0 saturated carbocycles. The van der Waals surface area contributed by atoms with E-state index in [-0.39, 0.29) is 12.6 Å². The van der Waals surface area contributed by atoms with E-state index in [4.69, 9.17) is 4.74 Å². The lowest BCUT2D eigenvalue weighted by atomic mass is 9.75. The van der Waals surface area contributed by atoms with Crippen LogP contribution in [0.4, 0.5) is 0 Å². The maximum absolute atomic E-state index is 12.5. The van der Waals surface area contributed by atoms with E-state index in [2.05, 4.69) is 4.99 Å². The number of isocyanates is 1. The number of hydrogen-bond donors (Lipinski definition) is 0. The largest absolute Gasteiger partial charge is 0.460 e. The molecule has 2 unspecified atom stereocenters. The molecule has 2 atom stereocenters. The summed E-state index contributed by atoms with van der Waals surface area (Å²) in [5.74, 6) is -0.376. The highest BCUT2D eigenvalue weighted by molar-refractivity contribution is 5.81. The monoisotopic (exact) mass is 283 g/mol. The number of nitrogens with zero attached hydrogens (tertiary/aromatic N) is 1. The zero-order valence-corrected chi connectivity index (χ0v) is 11.9. The van der Waals surface area contributed by atoms with Crippen LogP contribution < -0.4 is 0 Å². The highest BCUT2D eigenvalue weighted by Crippen LogP contribution is 2.35. The Labute approximate surface area is 123 Å². The lowest BCUT2D eigenvalue weighted by Gasteiger charge is -2.32. The lowest BCUT2D eigenvalue weighted by Crippen LogP contribution is -2.40. The first-order chi connectivity index (χ1) is 10.2. The van der Waals surface area contributed by atoms with Crippen LogP contribution >= 0.6 is 0 Å². The lowest BCUT2D eigenvalue weighted by molar-refractivity contribution is -0.155. The predicted octanol–water partition coefficient (Wildman–Crippen LogP) is 2.96. The fraction of sp³-hybridized carbons (Fsp3) is 0.294. The van der Waals surface area contributed by atoms with E-state index >= 15 is 0 Å². The number of allylic oxidation sites excluding steroid dienone is 2. The topological polar surface area (TPSA) is 55.7 Å². The van der Waals surface area contributed by atoms with Crippen LogP contribution in [0.15, 0.2) is 59.6 Å². The summed E-state index contributed by atoms with van der Waals surface area (Å²) in [6, 6.07) is 8.91. The van der Waals surface area contributed by atoms with Crippen molar-refractivity contribution in [2.45, 2.75) is 26.0 Å². The van der Waals surface area contributed by atoms with E-state index in [1.165, 1.54) is 6.08 Å². The Hall–Kier alpha value is -2.45. The third-order valence-electron chi connectivity index (χ3n) is 3.70. The number of ether oxygens (including phenoxy) is 1. The van der Waals surface area contributed by atoms with E-state index < -0.39 is 11.5 Å². The maximum Gasteiger partial charge on any atom is 0.318 e. The quantitative estimate of drug-likeness (QED) is 0.474. The van der Waals surface area contributed by atoms with Gasteiger partial charge in [0.15, 0.2) is 0 Å². The molecular weight excluding hydrogens is 266 g/mol. The molecule has 1 aromatic rings. The summed E-state index contributed by atoms with van der Waals surface area (Å²) in [4.78, 5) is 26.8. The second-order valence-electron chi connectivity index (χ2n) is 4.86. The van der Waals surface area contributed by atoms with Crippen LogP contribution in [0.5, 0.6) is 0 Å². The summed E-state index contributed by atoms with van der Waals surface area (Å²) in [6.07, 6.45) is 9.06. The van der Waals surface area contributed by atoms with Gasteiger partial charge >= 0.3 is 5.97 Å². The van der Waals surface area contributed by atoms with Gasteiger partial charge in [0.25, 0.3) is 0 Å². The normalized spacial score (nSPS) is 23.4. The number of rotatable bonds is 5. The van der Waals surface area contributed by atoms with E-state index in [0.29, 0.717) is 6.42 Å². The van der Waals surface area contributed by atoms with Crippen molar-refractivity contribution in [2.24, 2.45) is 10.4 Å². The van der Waals surface area contributed by atoms with Gasteiger partial charge in [-0.2, -0.15) is 4.99 Å². The minimum absolute atomic E-state index is 0.205. The summed E-state index contributed by atoms with van der Waals surface area (Å²) in [5, 5.41) is 0. The first kappa shape index (κ1) is 14.9. The van der Waals surface area contributed by atoms with Gasteiger partial charge in [-0.3, -0.25) is 4.79 Å². The fourth-order valence-corrected chi connectivity index (χ4v) is 2.40. The van der Waals surface area contributed by atoms with Crippen LogP contribution in [0.25, 0.3) is 0 Å². The molecule has 0 spiro atoms. The number of aliphatic imine (C=N–C) groups is 1. The van der Waals surface area contributed by atoms with E-state index in [0.717, 1.165) is 5.56 Å². The molecule has 4 heteroatoms. The zero-order valence-electron chi connectivity index (χ0n) is 11.9. The van der Waals surface area contributed by atoms with Crippen molar-refractivity contribution >= 4 is 12.0 Å². The van der Waals surface area contributed by atoms with Gasteiger partial charge in [0.2, 0.25) is 6.08 Å². The Morgan fingerprint density at radius 1 is 1.33 bits per heavy atom. The van der Waals surface area contributed by atoms with Gasteiger partial charge in [0, 0.05) is 0 Å². The fourth-order valence-electron chi connectivity index (χ4n) is 2.40. The highest BCUT2D eigenvalue weighted by atomic mass is 16.5. The van der Waals surface area contributed by atoms with E-state index in [9.17, 15) is 9.59 Å². The van der Waals surface area contributed by atoms with Gasteiger partial charge in [-0.25, -0.2) is 4.79 Å². The Bertz CT molecular complexity index is 600. The molecule has 4 nitrogen and oxygen atoms in total. The molecule has 0 N–H and O–H groups in total. The molecule has 0 aromatic heterocycles. The van der Waals surface area contributed by atoms with Crippen LogP contribution in [-0.2, 0) is 20.9 Å². The first-order valence-electron chi connectivity index (χ1n) is 6.87.